The van der Waals surface area contributed by atoms with E-state index in [2.05, 4.69) is 5.32 Å². The molecular weight excluding hydrogens is 342 g/mol. The van der Waals surface area contributed by atoms with Gasteiger partial charge in [0.15, 0.2) is 6.61 Å². The molecule has 0 aromatic heterocycles. The lowest BCUT2D eigenvalue weighted by atomic mass is 10.1. The molecule has 0 saturated carbocycles. The van der Waals surface area contributed by atoms with E-state index in [4.69, 9.17) is 21.1 Å². The lowest BCUT2D eigenvalue weighted by molar-refractivity contribution is -0.148. The first-order chi connectivity index (χ1) is 12.0. The second-order valence-corrected chi connectivity index (χ2v) is 5.97. The number of hydrogen-bond donors (Lipinski definition) is 1. The lowest BCUT2D eigenvalue weighted by Crippen LogP contribution is -2.31. The van der Waals surface area contributed by atoms with Gasteiger partial charge in [-0.05, 0) is 42.3 Å². The summed E-state index contributed by atoms with van der Waals surface area (Å²) < 4.78 is 10.1. The first kappa shape index (κ1) is 18.8. The molecule has 2 aromatic rings. The molecule has 0 bridgehead atoms. The molecule has 0 heterocycles. The molecule has 0 unspecified atom stereocenters. The number of amides is 1. The molecule has 1 atom stereocenters. The summed E-state index contributed by atoms with van der Waals surface area (Å²) in [5, 5.41) is 3.37. The molecule has 0 aliphatic heterocycles. The molecule has 132 valence electrons. The molecule has 0 fully saturated rings. The Labute approximate surface area is 151 Å². The van der Waals surface area contributed by atoms with Gasteiger partial charge < -0.3 is 14.8 Å². The predicted molar refractivity (Wildman–Crippen MR) is 95.7 cm³/mol. The van der Waals surface area contributed by atoms with E-state index in [9.17, 15) is 9.59 Å². The van der Waals surface area contributed by atoms with Crippen LogP contribution in [0.3, 0.4) is 0 Å². The minimum atomic E-state index is -0.473. The Morgan fingerprint density at radius 2 is 1.92 bits per heavy atom. The maximum atomic E-state index is 11.9. The van der Waals surface area contributed by atoms with Crippen LogP contribution < -0.4 is 10.1 Å². The van der Waals surface area contributed by atoms with Gasteiger partial charge in [0.1, 0.15) is 5.75 Å². The summed E-state index contributed by atoms with van der Waals surface area (Å²) in [6.07, 6.45) is 0.0777. The number of carbonyl (C=O) groups excluding carboxylic acids is 2. The average molecular weight is 362 g/mol. The van der Waals surface area contributed by atoms with Crippen molar-refractivity contribution in [2.24, 2.45) is 0 Å². The van der Waals surface area contributed by atoms with Crippen molar-refractivity contribution < 1.29 is 19.1 Å². The Morgan fingerprint density at radius 3 is 2.64 bits per heavy atom. The van der Waals surface area contributed by atoms with Crippen molar-refractivity contribution in [2.75, 3.05) is 13.7 Å². The zero-order chi connectivity index (χ0) is 18.2. The van der Waals surface area contributed by atoms with Crippen LogP contribution in [-0.4, -0.2) is 25.6 Å². The first-order valence-corrected chi connectivity index (χ1v) is 8.19. The van der Waals surface area contributed by atoms with Gasteiger partial charge in [-0.2, -0.15) is 0 Å². The van der Waals surface area contributed by atoms with Crippen LogP contribution in [0.2, 0.25) is 5.02 Å². The molecular formula is C19H20ClNO4. The van der Waals surface area contributed by atoms with Crippen LogP contribution in [0.1, 0.15) is 24.1 Å². The number of methoxy groups -OCH3 is 1. The Hall–Kier alpha value is -2.53. The second-order valence-electron chi connectivity index (χ2n) is 5.53. The highest BCUT2D eigenvalue weighted by Crippen LogP contribution is 2.17. The fraction of sp³-hybridized carbons (Fsp3) is 0.263. The summed E-state index contributed by atoms with van der Waals surface area (Å²) in [5.74, 6) is -0.177. The van der Waals surface area contributed by atoms with Crippen molar-refractivity contribution >= 4 is 23.5 Å². The predicted octanol–water partition coefficient (Wildman–Crippen LogP) is 3.31. The summed E-state index contributed by atoms with van der Waals surface area (Å²) in [6, 6.07) is 14.1. The smallest absolute Gasteiger partial charge is 0.310 e. The van der Waals surface area contributed by atoms with Crippen LogP contribution >= 0.6 is 11.6 Å². The first-order valence-electron chi connectivity index (χ1n) is 7.81. The molecule has 1 amide bonds. The highest BCUT2D eigenvalue weighted by atomic mass is 35.5. The minimum Gasteiger partial charge on any atom is -0.497 e. The Kier molecular flexibility index (Phi) is 6.83. The molecule has 0 aliphatic rings. The van der Waals surface area contributed by atoms with Gasteiger partial charge in [-0.1, -0.05) is 35.9 Å². The fourth-order valence-electron chi connectivity index (χ4n) is 2.29. The SMILES string of the molecule is COc1cccc(CC(=O)OCC(=O)N[C@H](C)c2cccc(Cl)c2)c1. The number of esters is 1. The van der Waals surface area contributed by atoms with Crippen molar-refractivity contribution in [2.45, 2.75) is 19.4 Å². The van der Waals surface area contributed by atoms with E-state index in [0.717, 1.165) is 11.1 Å². The van der Waals surface area contributed by atoms with E-state index in [-0.39, 0.29) is 25.0 Å². The molecule has 6 heteroatoms. The molecule has 0 aliphatic carbocycles. The highest BCUT2D eigenvalue weighted by Gasteiger charge is 2.13. The highest BCUT2D eigenvalue weighted by molar-refractivity contribution is 6.30. The monoisotopic (exact) mass is 361 g/mol. The molecule has 0 radical (unpaired) electrons. The number of hydrogen-bond acceptors (Lipinski definition) is 4. The quantitative estimate of drug-likeness (QED) is 0.768. The van der Waals surface area contributed by atoms with Gasteiger partial charge >= 0.3 is 5.97 Å². The van der Waals surface area contributed by atoms with E-state index < -0.39 is 5.97 Å². The Morgan fingerprint density at radius 1 is 1.16 bits per heavy atom. The molecule has 25 heavy (non-hydrogen) atoms. The van der Waals surface area contributed by atoms with Crippen molar-refractivity contribution in [1.82, 2.24) is 5.32 Å². The largest absolute Gasteiger partial charge is 0.497 e. The Balaban J connectivity index is 1.79. The molecule has 0 spiro atoms. The minimum absolute atomic E-state index is 0.0777. The molecule has 0 saturated heterocycles. The normalized spacial score (nSPS) is 11.5. The van der Waals surface area contributed by atoms with Gasteiger partial charge in [0.05, 0.1) is 19.6 Å². The van der Waals surface area contributed by atoms with E-state index in [0.29, 0.717) is 10.8 Å². The third kappa shape index (κ3) is 6.12. The number of carbonyl (C=O) groups is 2. The summed E-state index contributed by atoms with van der Waals surface area (Å²) in [4.78, 5) is 23.8. The van der Waals surface area contributed by atoms with Gasteiger partial charge in [0.2, 0.25) is 0 Å². The van der Waals surface area contributed by atoms with Crippen molar-refractivity contribution in [3.05, 3.63) is 64.7 Å². The average Bonchev–Trinajstić information content (AvgIpc) is 2.60. The number of rotatable bonds is 7. The van der Waals surface area contributed by atoms with Crippen LogP contribution in [0.4, 0.5) is 0 Å². The lowest BCUT2D eigenvalue weighted by Gasteiger charge is -2.14. The maximum Gasteiger partial charge on any atom is 0.310 e. The third-order valence-corrected chi connectivity index (χ3v) is 3.81. The van der Waals surface area contributed by atoms with Crippen molar-refractivity contribution in [3.8, 4) is 5.75 Å². The van der Waals surface area contributed by atoms with Crippen molar-refractivity contribution in [3.63, 3.8) is 0 Å². The fourth-order valence-corrected chi connectivity index (χ4v) is 2.49. The maximum absolute atomic E-state index is 11.9. The number of nitrogens with one attached hydrogen (secondary N) is 1. The van der Waals surface area contributed by atoms with E-state index in [1.807, 2.05) is 19.1 Å². The van der Waals surface area contributed by atoms with E-state index >= 15 is 0 Å². The Bertz CT molecular complexity index is 748. The molecule has 2 aromatic carbocycles. The third-order valence-electron chi connectivity index (χ3n) is 3.57. The van der Waals surface area contributed by atoms with E-state index in [1.165, 1.54) is 0 Å². The molecule has 5 nitrogen and oxygen atoms in total. The van der Waals surface area contributed by atoms with Gasteiger partial charge in [0.25, 0.3) is 5.91 Å². The van der Waals surface area contributed by atoms with Crippen molar-refractivity contribution in [1.29, 1.82) is 0 Å². The zero-order valence-corrected chi connectivity index (χ0v) is 14.9. The van der Waals surface area contributed by atoms with Crippen LogP contribution in [-0.2, 0) is 20.7 Å². The molecule has 2 rings (SSSR count). The summed E-state index contributed by atoms with van der Waals surface area (Å²) >= 11 is 5.94. The van der Waals surface area contributed by atoms with Crippen LogP contribution in [0.15, 0.2) is 48.5 Å². The second kappa shape index (κ2) is 9.08. The number of halogens is 1. The van der Waals surface area contributed by atoms with Crippen LogP contribution in [0.25, 0.3) is 0 Å². The zero-order valence-electron chi connectivity index (χ0n) is 14.1. The summed E-state index contributed by atoms with van der Waals surface area (Å²) in [5.41, 5.74) is 1.64. The topological polar surface area (TPSA) is 64.6 Å². The van der Waals surface area contributed by atoms with E-state index in [1.54, 1.807) is 43.5 Å². The van der Waals surface area contributed by atoms with Crippen LogP contribution in [0, 0.1) is 0 Å². The van der Waals surface area contributed by atoms with Gasteiger partial charge in [0, 0.05) is 5.02 Å². The number of ether oxygens (including phenoxy) is 2. The van der Waals surface area contributed by atoms with Crippen LogP contribution in [0.5, 0.6) is 5.75 Å². The standard InChI is InChI=1S/C19H20ClNO4/c1-13(15-6-4-7-16(20)11-15)21-18(22)12-25-19(23)10-14-5-3-8-17(9-14)24-2/h3-9,11,13H,10,12H2,1-2H3,(H,21,22)/t13-/m1/s1. The van der Waals surface area contributed by atoms with Gasteiger partial charge in [-0.25, -0.2) is 0 Å². The summed E-state index contributed by atoms with van der Waals surface area (Å²) in [6.45, 7) is 1.51. The summed E-state index contributed by atoms with van der Waals surface area (Å²) in [7, 11) is 1.56. The number of benzene rings is 2. The van der Waals surface area contributed by atoms with Gasteiger partial charge in [-0.15, -0.1) is 0 Å². The molecule has 1 N–H and O–H groups in total. The van der Waals surface area contributed by atoms with Gasteiger partial charge in [-0.3, -0.25) is 9.59 Å².